The summed E-state index contributed by atoms with van der Waals surface area (Å²) in [5.74, 6) is -0.930. The second-order valence-electron chi connectivity index (χ2n) is 6.50. The maximum absolute atomic E-state index is 11.4. The Morgan fingerprint density at radius 1 is 1.16 bits per heavy atom. The molecule has 2 aromatic carbocycles. The van der Waals surface area contributed by atoms with E-state index in [9.17, 15) is 15.0 Å². The number of unbranched alkanes of at least 4 members (excludes halogenated alkanes) is 2. The van der Waals surface area contributed by atoms with Crippen molar-refractivity contribution in [3.63, 3.8) is 0 Å². The van der Waals surface area contributed by atoms with Crippen LogP contribution in [-0.4, -0.2) is 16.2 Å². The number of hydrogen-bond acceptors (Lipinski definition) is 3. The minimum absolute atomic E-state index is 0.303. The van der Waals surface area contributed by atoms with E-state index in [4.69, 9.17) is 5.73 Å². The number of aliphatic hydroxyl groups excluding tert-OH is 1. The molecule has 0 saturated heterocycles. The number of carbonyl (C=O) groups is 1. The number of nitrogens with two attached hydrogens (primary N) is 1. The summed E-state index contributed by atoms with van der Waals surface area (Å²) in [6, 6.07) is 10.9. The third-order valence-electron chi connectivity index (χ3n) is 4.73. The second-order valence-corrected chi connectivity index (χ2v) is 6.50. The van der Waals surface area contributed by atoms with Crippen LogP contribution in [0.1, 0.15) is 71.3 Å². The summed E-state index contributed by atoms with van der Waals surface area (Å²) in [5.41, 5.74) is 10.5. The SMILES string of the molecule is CCCCCC(O)c1cccc(N)c1Cc1cccc(C(=O)O)c1C. The van der Waals surface area contributed by atoms with Crippen molar-refractivity contribution in [1.29, 1.82) is 0 Å². The van der Waals surface area contributed by atoms with Gasteiger partial charge >= 0.3 is 5.97 Å². The van der Waals surface area contributed by atoms with Crippen molar-refractivity contribution in [2.45, 2.75) is 52.1 Å². The Labute approximate surface area is 149 Å². The first-order chi connectivity index (χ1) is 12.0. The third kappa shape index (κ3) is 4.60. The number of carboxylic acids is 1. The molecular weight excluding hydrogens is 314 g/mol. The molecule has 134 valence electrons. The number of nitrogen functional groups attached to an aromatic ring is 1. The summed E-state index contributed by atoms with van der Waals surface area (Å²) < 4.78 is 0. The number of hydrogen-bond donors (Lipinski definition) is 3. The third-order valence-corrected chi connectivity index (χ3v) is 4.73. The van der Waals surface area contributed by atoms with Crippen molar-refractivity contribution in [3.05, 3.63) is 64.2 Å². The predicted octanol–water partition coefficient (Wildman–Crippen LogP) is 4.48. The lowest BCUT2D eigenvalue weighted by Gasteiger charge is -2.19. The zero-order valence-corrected chi connectivity index (χ0v) is 15.0. The van der Waals surface area contributed by atoms with E-state index in [0.29, 0.717) is 24.1 Å². The van der Waals surface area contributed by atoms with Crippen LogP contribution in [0.4, 0.5) is 5.69 Å². The van der Waals surface area contributed by atoms with Gasteiger partial charge in [0, 0.05) is 12.1 Å². The topological polar surface area (TPSA) is 83.5 Å². The average molecular weight is 341 g/mol. The summed E-state index contributed by atoms with van der Waals surface area (Å²) in [4.78, 5) is 11.4. The Hall–Kier alpha value is -2.33. The smallest absolute Gasteiger partial charge is 0.335 e. The molecule has 0 aliphatic rings. The van der Waals surface area contributed by atoms with E-state index in [1.165, 1.54) is 0 Å². The van der Waals surface area contributed by atoms with Crippen molar-refractivity contribution in [3.8, 4) is 0 Å². The zero-order chi connectivity index (χ0) is 18.4. The highest BCUT2D eigenvalue weighted by atomic mass is 16.4. The van der Waals surface area contributed by atoms with E-state index in [1.54, 1.807) is 12.1 Å². The van der Waals surface area contributed by atoms with E-state index in [1.807, 2.05) is 31.2 Å². The highest BCUT2D eigenvalue weighted by Crippen LogP contribution is 2.30. The van der Waals surface area contributed by atoms with Gasteiger partial charge in [-0.25, -0.2) is 4.79 Å². The molecule has 0 heterocycles. The van der Waals surface area contributed by atoms with E-state index >= 15 is 0 Å². The molecular formula is C21H27NO3. The molecule has 0 saturated carbocycles. The Kier molecular flexibility index (Phi) is 6.59. The van der Waals surface area contributed by atoms with Crippen molar-refractivity contribution >= 4 is 11.7 Å². The van der Waals surface area contributed by atoms with Gasteiger partial charge in [0.1, 0.15) is 0 Å². The molecule has 1 atom stereocenters. The van der Waals surface area contributed by atoms with Crippen molar-refractivity contribution in [2.24, 2.45) is 0 Å². The molecule has 0 spiro atoms. The fraction of sp³-hybridized carbons (Fsp3) is 0.381. The maximum atomic E-state index is 11.4. The van der Waals surface area contributed by atoms with Crippen LogP contribution in [0.5, 0.6) is 0 Å². The average Bonchev–Trinajstić information content (AvgIpc) is 2.58. The van der Waals surface area contributed by atoms with Crippen LogP contribution in [0.2, 0.25) is 0 Å². The van der Waals surface area contributed by atoms with Crippen molar-refractivity contribution in [2.75, 3.05) is 5.73 Å². The van der Waals surface area contributed by atoms with Gasteiger partial charge in [0.2, 0.25) is 0 Å². The van der Waals surface area contributed by atoms with Gasteiger partial charge in [-0.3, -0.25) is 0 Å². The lowest BCUT2D eigenvalue weighted by molar-refractivity contribution is 0.0696. The van der Waals surface area contributed by atoms with E-state index < -0.39 is 12.1 Å². The zero-order valence-electron chi connectivity index (χ0n) is 15.0. The van der Waals surface area contributed by atoms with Crippen LogP contribution in [0.15, 0.2) is 36.4 Å². The standard InChI is InChI=1S/C21H27NO3/c1-3-4-5-12-20(23)17-10-7-11-19(22)18(17)13-15-8-6-9-16(14(15)2)21(24)25/h6-11,20,23H,3-5,12-13,22H2,1-2H3,(H,24,25). The fourth-order valence-electron chi connectivity index (χ4n) is 3.18. The second kappa shape index (κ2) is 8.67. The van der Waals surface area contributed by atoms with Crippen LogP contribution >= 0.6 is 0 Å². The molecule has 4 heteroatoms. The molecule has 0 aromatic heterocycles. The first-order valence-corrected chi connectivity index (χ1v) is 8.82. The molecule has 4 N–H and O–H groups in total. The van der Waals surface area contributed by atoms with Crippen LogP contribution < -0.4 is 5.73 Å². The van der Waals surface area contributed by atoms with Crippen LogP contribution in [0.25, 0.3) is 0 Å². The summed E-state index contributed by atoms with van der Waals surface area (Å²) in [6.45, 7) is 3.95. The molecule has 0 amide bonds. The number of carboxylic acid groups (broad SMARTS) is 1. The number of anilines is 1. The lowest BCUT2D eigenvalue weighted by Crippen LogP contribution is -2.08. The molecule has 4 nitrogen and oxygen atoms in total. The maximum Gasteiger partial charge on any atom is 0.335 e. The number of aliphatic hydroxyl groups is 1. The van der Waals surface area contributed by atoms with Crippen molar-refractivity contribution < 1.29 is 15.0 Å². The van der Waals surface area contributed by atoms with Crippen LogP contribution in [0, 0.1) is 6.92 Å². The van der Waals surface area contributed by atoms with Crippen molar-refractivity contribution in [1.82, 2.24) is 0 Å². The largest absolute Gasteiger partial charge is 0.478 e. The van der Waals surface area contributed by atoms with Gasteiger partial charge in [-0.15, -0.1) is 0 Å². The minimum atomic E-state index is -0.930. The Bertz CT molecular complexity index is 740. The number of rotatable bonds is 8. The van der Waals surface area contributed by atoms with E-state index in [2.05, 4.69) is 6.92 Å². The Morgan fingerprint density at radius 2 is 1.88 bits per heavy atom. The highest BCUT2D eigenvalue weighted by Gasteiger charge is 2.17. The van der Waals surface area contributed by atoms with Gasteiger partial charge in [-0.05, 0) is 47.7 Å². The Morgan fingerprint density at radius 3 is 2.56 bits per heavy atom. The monoisotopic (exact) mass is 341 g/mol. The molecule has 25 heavy (non-hydrogen) atoms. The summed E-state index contributed by atoms with van der Waals surface area (Å²) in [7, 11) is 0. The first-order valence-electron chi connectivity index (χ1n) is 8.82. The molecule has 0 fully saturated rings. The highest BCUT2D eigenvalue weighted by molar-refractivity contribution is 5.89. The van der Waals surface area contributed by atoms with Gasteiger partial charge in [0.25, 0.3) is 0 Å². The predicted molar refractivity (Wildman–Crippen MR) is 101 cm³/mol. The molecule has 2 aromatic rings. The fourth-order valence-corrected chi connectivity index (χ4v) is 3.18. The van der Waals surface area contributed by atoms with Gasteiger partial charge in [-0.1, -0.05) is 50.5 Å². The number of aromatic carboxylic acids is 1. The quantitative estimate of drug-likeness (QED) is 0.488. The van der Waals surface area contributed by atoms with E-state index in [-0.39, 0.29) is 0 Å². The van der Waals surface area contributed by atoms with Gasteiger partial charge in [0.15, 0.2) is 0 Å². The molecule has 0 bridgehead atoms. The molecule has 1 unspecified atom stereocenters. The molecule has 0 aliphatic heterocycles. The minimum Gasteiger partial charge on any atom is -0.478 e. The summed E-state index contributed by atoms with van der Waals surface area (Å²) >= 11 is 0. The summed E-state index contributed by atoms with van der Waals surface area (Å²) in [5, 5.41) is 19.9. The van der Waals surface area contributed by atoms with Crippen LogP contribution in [-0.2, 0) is 6.42 Å². The molecule has 0 aliphatic carbocycles. The van der Waals surface area contributed by atoms with Gasteiger partial charge < -0.3 is 15.9 Å². The Balaban J connectivity index is 2.34. The lowest BCUT2D eigenvalue weighted by atomic mass is 9.90. The molecule has 0 radical (unpaired) electrons. The first kappa shape index (κ1) is 19.0. The normalized spacial score (nSPS) is 12.1. The van der Waals surface area contributed by atoms with E-state index in [0.717, 1.165) is 41.5 Å². The van der Waals surface area contributed by atoms with Crippen LogP contribution in [0.3, 0.4) is 0 Å². The molecule has 2 rings (SSSR count). The summed E-state index contributed by atoms with van der Waals surface area (Å²) in [6.07, 6.45) is 3.84. The number of benzene rings is 2. The van der Waals surface area contributed by atoms with Gasteiger partial charge in [-0.2, -0.15) is 0 Å². The van der Waals surface area contributed by atoms with Gasteiger partial charge in [0.05, 0.1) is 11.7 Å².